The number of alkyl halides is 3. The first-order valence-electron chi connectivity index (χ1n) is 7.25. The highest BCUT2D eigenvalue weighted by Crippen LogP contribution is 2.33. The second kappa shape index (κ2) is 9.07. The number of benzene rings is 1. The molecule has 4 nitrogen and oxygen atoms in total. The Morgan fingerprint density at radius 3 is 2.57 bits per heavy atom. The van der Waals surface area contributed by atoms with Crippen LogP contribution < -0.4 is 9.47 Å². The third-order valence-corrected chi connectivity index (χ3v) is 2.87. The van der Waals surface area contributed by atoms with Gasteiger partial charge in [0.15, 0.2) is 11.5 Å². The summed E-state index contributed by atoms with van der Waals surface area (Å²) >= 11 is 0. The van der Waals surface area contributed by atoms with Gasteiger partial charge in [0, 0.05) is 6.08 Å². The van der Waals surface area contributed by atoms with Crippen molar-refractivity contribution in [2.24, 2.45) is 0 Å². The molecule has 7 heteroatoms. The molecular weight excluding hydrogens is 313 g/mol. The Morgan fingerprint density at radius 2 is 1.96 bits per heavy atom. The van der Waals surface area contributed by atoms with Crippen LogP contribution in [0.4, 0.5) is 13.2 Å². The molecule has 1 aromatic rings. The summed E-state index contributed by atoms with van der Waals surface area (Å²) < 4.78 is 46.7. The maximum absolute atomic E-state index is 12.5. The zero-order valence-corrected chi connectivity index (χ0v) is 12.7. The lowest BCUT2D eigenvalue weighted by Crippen LogP contribution is -2.18. The fourth-order valence-corrected chi connectivity index (χ4v) is 1.83. The molecule has 0 radical (unpaired) electrons. The maximum atomic E-state index is 12.5. The largest absolute Gasteiger partial charge is 0.573 e. The first kappa shape index (κ1) is 18.9. The minimum atomic E-state index is -4.85. The van der Waals surface area contributed by atoms with E-state index in [-0.39, 0.29) is 11.3 Å². The van der Waals surface area contributed by atoms with Gasteiger partial charge in [-0.15, -0.1) is 13.2 Å². The van der Waals surface area contributed by atoms with E-state index in [4.69, 9.17) is 9.84 Å². The Bertz CT molecular complexity index is 539. The van der Waals surface area contributed by atoms with E-state index in [1.165, 1.54) is 18.2 Å². The Morgan fingerprint density at radius 1 is 1.22 bits per heavy atom. The van der Waals surface area contributed by atoms with Crippen molar-refractivity contribution in [2.45, 2.75) is 39.0 Å². The van der Waals surface area contributed by atoms with Crippen molar-refractivity contribution in [2.75, 3.05) is 6.61 Å². The van der Waals surface area contributed by atoms with Crippen LogP contribution in [0.5, 0.6) is 11.5 Å². The SMILES string of the molecule is CCCCCCOc1ccc(/C=C/C(=O)O)cc1OC(F)(F)F. The van der Waals surface area contributed by atoms with Gasteiger partial charge >= 0.3 is 12.3 Å². The van der Waals surface area contributed by atoms with Gasteiger partial charge in [0.25, 0.3) is 0 Å². The van der Waals surface area contributed by atoms with Crippen molar-refractivity contribution in [1.29, 1.82) is 0 Å². The second-order valence-corrected chi connectivity index (χ2v) is 4.83. The molecule has 0 amide bonds. The molecule has 0 aliphatic rings. The monoisotopic (exact) mass is 332 g/mol. The molecule has 0 atom stereocenters. The van der Waals surface area contributed by atoms with Gasteiger partial charge in [-0.25, -0.2) is 4.79 Å². The van der Waals surface area contributed by atoms with Gasteiger partial charge in [0.05, 0.1) is 6.61 Å². The van der Waals surface area contributed by atoms with Crippen molar-refractivity contribution in [3.8, 4) is 11.5 Å². The predicted molar refractivity (Wildman–Crippen MR) is 79.4 cm³/mol. The van der Waals surface area contributed by atoms with Crippen molar-refractivity contribution in [3.63, 3.8) is 0 Å². The second-order valence-electron chi connectivity index (χ2n) is 4.83. The van der Waals surface area contributed by atoms with Crippen LogP contribution in [-0.4, -0.2) is 24.0 Å². The first-order chi connectivity index (χ1) is 10.8. The quantitative estimate of drug-likeness (QED) is 0.528. The zero-order chi connectivity index (χ0) is 17.3. The fourth-order valence-electron chi connectivity index (χ4n) is 1.83. The number of unbranched alkanes of at least 4 members (excludes halogenated alkanes) is 3. The third-order valence-electron chi connectivity index (χ3n) is 2.87. The van der Waals surface area contributed by atoms with Crippen LogP contribution in [0.1, 0.15) is 38.2 Å². The average molecular weight is 332 g/mol. The predicted octanol–water partition coefficient (Wildman–Crippen LogP) is 4.64. The number of carbonyl (C=O) groups is 1. The van der Waals surface area contributed by atoms with Crippen LogP contribution in [0.2, 0.25) is 0 Å². The van der Waals surface area contributed by atoms with Crippen molar-refractivity contribution >= 4 is 12.0 Å². The van der Waals surface area contributed by atoms with Crippen LogP contribution in [0, 0.1) is 0 Å². The molecule has 0 saturated carbocycles. The molecule has 1 rings (SSSR count). The van der Waals surface area contributed by atoms with E-state index in [0.29, 0.717) is 6.61 Å². The van der Waals surface area contributed by atoms with E-state index < -0.39 is 18.1 Å². The summed E-state index contributed by atoms with van der Waals surface area (Å²) in [5.74, 6) is -1.70. The fraction of sp³-hybridized carbons (Fsp3) is 0.438. The molecule has 0 fully saturated rings. The van der Waals surface area contributed by atoms with Gasteiger partial charge in [-0.3, -0.25) is 0 Å². The lowest BCUT2D eigenvalue weighted by Gasteiger charge is -2.14. The van der Waals surface area contributed by atoms with Gasteiger partial charge in [0.2, 0.25) is 0 Å². The number of aliphatic carboxylic acids is 1. The molecule has 1 N–H and O–H groups in total. The van der Waals surface area contributed by atoms with Crippen LogP contribution in [0.15, 0.2) is 24.3 Å². The molecule has 0 aromatic heterocycles. The molecule has 0 aliphatic heterocycles. The number of carboxylic acid groups (broad SMARTS) is 1. The van der Waals surface area contributed by atoms with Gasteiger partial charge < -0.3 is 14.6 Å². The lowest BCUT2D eigenvalue weighted by molar-refractivity contribution is -0.275. The number of ether oxygens (including phenoxy) is 2. The van der Waals surface area contributed by atoms with Crippen LogP contribution in [0.3, 0.4) is 0 Å². The van der Waals surface area contributed by atoms with Crippen LogP contribution >= 0.6 is 0 Å². The van der Waals surface area contributed by atoms with E-state index in [9.17, 15) is 18.0 Å². The summed E-state index contributed by atoms with van der Waals surface area (Å²) in [6.07, 6.45) is 0.913. The normalized spacial score (nSPS) is 11.7. The molecular formula is C16H19F3O4. The molecule has 0 heterocycles. The van der Waals surface area contributed by atoms with Crippen LogP contribution in [-0.2, 0) is 4.79 Å². The molecule has 23 heavy (non-hydrogen) atoms. The Hall–Kier alpha value is -2.18. The van der Waals surface area contributed by atoms with Gasteiger partial charge in [-0.1, -0.05) is 32.3 Å². The minimum Gasteiger partial charge on any atom is -0.490 e. The summed E-state index contributed by atoms with van der Waals surface area (Å²) in [6.45, 7) is 2.35. The maximum Gasteiger partial charge on any atom is 0.573 e. The summed E-state index contributed by atoms with van der Waals surface area (Å²) in [5.41, 5.74) is 0.269. The summed E-state index contributed by atoms with van der Waals surface area (Å²) in [5, 5.41) is 8.55. The zero-order valence-electron chi connectivity index (χ0n) is 12.7. The molecule has 128 valence electrons. The summed E-state index contributed by atoms with van der Waals surface area (Å²) in [4.78, 5) is 10.5. The Balaban J connectivity index is 2.84. The van der Waals surface area contributed by atoms with E-state index in [0.717, 1.165) is 37.8 Å². The van der Waals surface area contributed by atoms with E-state index in [2.05, 4.69) is 11.7 Å². The number of carboxylic acids is 1. The topological polar surface area (TPSA) is 55.8 Å². The van der Waals surface area contributed by atoms with Crippen molar-refractivity contribution in [1.82, 2.24) is 0 Å². The molecule has 0 unspecified atom stereocenters. The highest BCUT2D eigenvalue weighted by atomic mass is 19.4. The first-order valence-corrected chi connectivity index (χ1v) is 7.25. The minimum absolute atomic E-state index is 0.0219. The molecule has 0 aliphatic carbocycles. The van der Waals surface area contributed by atoms with E-state index in [1.807, 2.05) is 0 Å². The number of halogens is 3. The number of rotatable bonds is 9. The number of hydrogen-bond acceptors (Lipinski definition) is 3. The van der Waals surface area contributed by atoms with Gasteiger partial charge in [-0.2, -0.15) is 0 Å². The van der Waals surface area contributed by atoms with Crippen molar-refractivity contribution in [3.05, 3.63) is 29.8 Å². The third kappa shape index (κ3) is 8.13. The van der Waals surface area contributed by atoms with E-state index >= 15 is 0 Å². The average Bonchev–Trinajstić information content (AvgIpc) is 2.45. The Kier molecular flexibility index (Phi) is 7.44. The molecule has 0 saturated heterocycles. The van der Waals surface area contributed by atoms with E-state index in [1.54, 1.807) is 0 Å². The van der Waals surface area contributed by atoms with Gasteiger partial charge in [-0.05, 0) is 30.2 Å². The molecule has 0 spiro atoms. The lowest BCUT2D eigenvalue weighted by atomic mass is 10.2. The molecule has 1 aromatic carbocycles. The smallest absolute Gasteiger partial charge is 0.490 e. The Labute approximate surface area is 132 Å². The van der Waals surface area contributed by atoms with Crippen molar-refractivity contribution < 1.29 is 32.5 Å². The molecule has 0 bridgehead atoms. The number of hydrogen-bond donors (Lipinski definition) is 1. The highest BCUT2D eigenvalue weighted by Gasteiger charge is 2.32. The van der Waals surface area contributed by atoms with Crippen LogP contribution in [0.25, 0.3) is 6.08 Å². The summed E-state index contributed by atoms with van der Waals surface area (Å²) in [6, 6.07) is 3.89. The standard InChI is InChI=1S/C16H19F3O4/c1-2-3-4-5-10-22-13-8-6-12(7-9-15(20)21)11-14(13)23-16(17,18)19/h6-9,11H,2-5,10H2,1H3,(H,20,21)/b9-7+. The highest BCUT2D eigenvalue weighted by molar-refractivity contribution is 5.85. The summed E-state index contributed by atoms with van der Waals surface area (Å²) in [7, 11) is 0. The van der Waals surface area contributed by atoms with Gasteiger partial charge in [0.1, 0.15) is 0 Å².